The van der Waals surface area contributed by atoms with Crippen LogP contribution in [0.4, 0.5) is 4.39 Å². The van der Waals surface area contributed by atoms with E-state index in [4.69, 9.17) is 11.6 Å². The molecule has 1 fully saturated rings. The fraction of sp³-hybridized carbons (Fsp3) is 0.500. The first-order valence-electron chi connectivity index (χ1n) is 6.45. The summed E-state index contributed by atoms with van der Waals surface area (Å²) >= 11 is 9.47. The summed E-state index contributed by atoms with van der Waals surface area (Å²) in [6.07, 6.45) is 4.32. The molecule has 2 unspecified atom stereocenters. The van der Waals surface area contributed by atoms with Crippen LogP contribution in [0.25, 0.3) is 0 Å². The fourth-order valence-electron chi connectivity index (χ4n) is 2.38. The van der Waals surface area contributed by atoms with E-state index in [9.17, 15) is 9.18 Å². The van der Waals surface area contributed by atoms with Gasteiger partial charge in [-0.1, -0.05) is 28.8 Å². The zero-order valence-corrected chi connectivity index (χ0v) is 12.8. The number of amides is 1. The van der Waals surface area contributed by atoms with Crippen molar-refractivity contribution in [1.29, 1.82) is 0 Å². The van der Waals surface area contributed by atoms with Crippen LogP contribution in [0.15, 0.2) is 22.7 Å². The summed E-state index contributed by atoms with van der Waals surface area (Å²) in [7, 11) is 0. The first kappa shape index (κ1) is 14.8. The van der Waals surface area contributed by atoms with E-state index in [0.717, 1.165) is 25.7 Å². The van der Waals surface area contributed by atoms with Crippen molar-refractivity contribution in [2.45, 2.75) is 31.1 Å². The monoisotopic (exact) mass is 347 g/mol. The molecule has 0 radical (unpaired) electrons. The third kappa shape index (κ3) is 3.93. The molecule has 104 valence electrons. The van der Waals surface area contributed by atoms with E-state index in [2.05, 4.69) is 21.2 Å². The van der Waals surface area contributed by atoms with Crippen LogP contribution < -0.4 is 5.32 Å². The van der Waals surface area contributed by atoms with E-state index in [0.29, 0.717) is 11.0 Å². The lowest BCUT2D eigenvalue weighted by molar-refractivity contribution is 0.0940. The highest BCUT2D eigenvalue weighted by Crippen LogP contribution is 2.28. The van der Waals surface area contributed by atoms with Crippen molar-refractivity contribution in [2.24, 2.45) is 5.92 Å². The quantitative estimate of drug-likeness (QED) is 0.818. The molecule has 0 aromatic heterocycles. The molecule has 1 N–H and O–H groups in total. The smallest absolute Gasteiger partial charge is 0.254 e. The molecule has 1 saturated carbocycles. The topological polar surface area (TPSA) is 29.1 Å². The first-order chi connectivity index (χ1) is 9.08. The number of hydrogen-bond donors (Lipinski definition) is 1. The number of halogens is 3. The van der Waals surface area contributed by atoms with Gasteiger partial charge in [-0.3, -0.25) is 4.79 Å². The van der Waals surface area contributed by atoms with Gasteiger partial charge in [-0.15, -0.1) is 11.6 Å². The van der Waals surface area contributed by atoms with Gasteiger partial charge in [-0.25, -0.2) is 4.39 Å². The highest BCUT2D eigenvalue weighted by atomic mass is 79.9. The molecule has 1 amide bonds. The maximum atomic E-state index is 13.6. The predicted octanol–water partition coefficient (Wildman–Crippen LogP) is 4.12. The number of nitrogens with one attached hydrogen (secondary N) is 1. The van der Waals surface area contributed by atoms with E-state index in [1.165, 1.54) is 12.1 Å². The number of hydrogen-bond acceptors (Lipinski definition) is 1. The summed E-state index contributed by atoms with van der Waals surface area (Å²) in [6.45, 7) is 0.513. The van der Waals surface area contributed by atoms with Gasteiger partial charge in [0.05, 0.1) is 5.56 Å². The predicted molar refractivity (Wildman–Crippen MR) is 78.0 cm³/mol. The Labute approximate surface area is 125 Å². The zero-order chi connectivity index (χ0) is 13.8. The van der Waals surface area contributed by atoms with Crippen LogP contribution in [0, 0.1) is 11.7 Å². The Hall–Kier alpha value is -0.610. The molecule has 2 nitrogen and oxygen atoms in total. The van der Waals surface area contributed by atoms with Crippen molar-refractivity contribution in [1.82, 2.24) is 5.32 Å². The molecular formula is C14H16BrClFNO. The molecule has 2 atom stereocenters. The lowest BCUT2D eigenvalue weighted by atomic mass is 9.88. The van der Waals surface area contributed by atoms with Crippen LogP contribution in [-0.2, 0) is 0 Å². The van der Waals surface area contributed by atoms with E-state index in [-0.39, 0.29) is 22.8 Å². The van der Waals surface area contributed by atoms with Gasteiger partial charge in [0, 0.05) is 16.4 Å². The molecule has 19 heavy (non-hydrogen) atoms. The molecule has 1 aromatic rings. The van der Waals surface area contributed by atoms with Crippen molar-refractivity contribution >= 4 is 33.4 Å². The summed E-state index contributed by atoms with van der Waals surface area (Å²) in [5, 5.41) is 2.90. The third-order valence-corrected chi connectivity index (χ3v) is 4.58. The molecule has 0 spiro atoms. The van der Waals surface area contributed by atoms with Crippen molar-refractivity contribution in [3.8, 4) is 0 Å². The summed E-state index contributed by atoms with van der Waals surface area (Å²) in [4.78, 5) is 12.0. The first-order valence-corrected chi connectivity index (χ1v) is 7.68. The molecular weight excluding hydrogens is 333 g/mol. The molecule has 0 aliphatic heterocycles. The average molecular weight is 349 g/mol. The second-order valence-corrected chi connectivity index (χ2v) is 6.37. The van der Waals surface area contributed by atoms with E-state index in [1.54, 1.807) is 6.07 Å². The Balaban J connectivity index is 1.95. The number of carbonyl (C=O) groups excluding carboxylic acids is 1. The number of benzene rings is 1. The van der Waals surface area contributed by atoms with Gasteiger partial charge in [0.2, 0.25) is 0 Å². The molecule has 1 aromatic carbocycles. The SMILES string of the molecule is O=C(NCC1CCCCC1Cl)c1cc(Br)ccc1F. The minimum Gasteiger partial charge on any atom is -0.352 e. The molecule has 1 aliphatic rings. The Kier molecular flexibility index (Phi) is 5.22. The second kappa shape index (κ2) is 6.71. The highest BCUT2D eigenvalue weighted by Gasteiger charge is 2.24. The second-order valence-electron chi connectivity index (χ2n) is 4.89. The van der Waals surface area contributed by atoms with Crippen molar-refractivity contribution < 1.29 is 9.18 Å². The number of alkyl halides is 1. The Bertz CT molecular complexity index is 469. The fourth-order valence-corrected chi connectivity index (χ4v) is 3.11. The largest absolute Gasteiger partial charge is 0.352 e. The maximum absolute atomic E-state index is 13.6. The zero-order valence-electron chi connectivity index (χ0n) is 10.5. The summed E-state index contributed by atoms with van der Waals surface area (Å²) in [5.74, 6) is -0.602. The molecule has 1 aliphatic carbocycles. The molecule has 2 rings (SSSR count). The van der Waals surface area contributed by atoms with Crippen molar-refractivity contribution in [3.05, 3.63) is 34.1 Å². The van der Waals surface area contributed by atoms with Gasteiger partial charge in [0.15, 0.2) is 0 Å². The van der Waals surface area contributed by atoms with Gasteiger partial charge in [0.25, 0.3) is 5.91 Å². The Morgan fingerprint density at radius 1 is 1.42 bits per heavy atom. The Morgan fingerprint density at radius 2 is 2.16 bits per heavy atom. The van der Waals surface area contributed by atoms with E-state index < -0.39 is 5.82 Å². The highest BCUT2D eigenvalue weighted by molar-refractivity contribution is 9.10. The molecule has 0 bridgehead atoms. The summed E-state index contributed by atoms with van der Waals surface area (Å²) in [5.41, 5.74) is 0.0660. The molecule has 0 saturated heterocycles. The van der Waals surface area contributed by atoms with Crippen LogP contribution in [0.1, 0.15) is 36.0 Å². The minimum atomic E-state index is -0.508. The minimum absolute atomic E-state index is 0.0660. The summed E-state index contributed by atoms with van der Waals surface area (Å²) < 4.78 is 14.2. The lowest BCUT2D eigenvalue weighted by Gasteiger charge is -2.27. The molecule has 0 heterocycles. The van der Waals surface area contributed by atoms with Gasteiger partial charge in [-0.2, -0.15) is 0 Å². The van der Waals surface area contributed by atoms with Crippen molar-refractivity contribution in [2.75, 3.05) is 6.54 Å². The van der Waals surface area contributed by atoms with Gasteiger partial charge in [0.1, 0.15) is 5.82 Å². The van der Waals surface area contributed by atoms with Gasteiger partial charge in [-0.05, 0) is 37.0 Å². The van der Waals surface area contributed by atoms with Gasteiger partial charge >= 0.3 is 0 Å². The van der Waals surface area contributed by atoms with Crippen LogP contribution in [0.3, 0.4) is 0 Å². The van der Waals surface area contributed by atoms with E-state index >= 15 is 0 Å². The maximum Gasteiger partial charge on any atom is 0.254 e. The normalized spacial score (nSPS) is 23.1. The van der Waals surface area contributed by atoms with Crippen LogP contribution >= 0.6 is 27.5 Å². The number of rotatable bonds is 3. The van der Waals surface area contributed by atoms with Gasteiger partial charge < -0.3 is 5.32 Å². The Morgan fingerprint density at radius 3 is 2.89 bits per heavy atom. The molecule has 5 heteroatoms. The van der Waals surface area contributed by atoms with Crippen LogP contribution in [0.2, 0.25) is 0 Å². The third-order valence-electron chi connectivity index (χ3n) is 3.51. The number of carbonyl (C=O) groups is 1. The summed E-state index contributed by atoms with van der Waals surface area (Å²) in [6, 6.07) is 4.34. The van der Waals surface area contributed by atoms with Crippen molar-refractivity contribution in [3.63, 3.8) is 0 Å². The van der Waals surface area contributed by atoms with Crippen LogP contribution in [-0.4, -0.2) is 17.8 Å². The standard InChI is InChI=1S/C14H16BrClFNO/c15-10-5-6-13(17)11(7-10)14(19)18-8-9-3-1-2-4-12(9)16/h5-7,9,12H,1-4,8H2,(H,18,19). The average Bonchev–Trinajstić information content (AvgIpc) is 2.40. The van der Waals surface area contributed by atoms with Crippen LogP contribution in [0.5, 0.6) is 0 Å². The lowest BCUT2D eigenvalue weighted by Crippen LogP contribution is -2.35. The van der Waals surface area contributed by atoms with E-state index in [1.807, 2.05) is 0 Å².